The van der Waals surface area contributed by atoms with E-state index < -0.39 is 57.6 Å². The maximum absolute atomic E-state index is 13.6. The molecular weight excluding hydrogens is 302 g/mol. The quantitative estimate of drug-likeness (QED) is 0.519. The van der Waals surface area contributed by atoms with Crippen LogP contribution in [-0.2, 0) is 0 Å². The van der Waals surface area contributed by atoms with Gasteiger partial charge in [0, 0.05) is 0 Å². The van der Waals surface area contributed by atoms with Gasteiger partial charge in [-0.25, -0.2) is 31.1 Å². The van der Waals surface area contributed by atoms with Crippen LogP contribution in [0.2, 0.25) is 0 Å². The molecule has 1 N–H and O–H groups in total. The molecular formula is C13H4F6O2. The lowest BCUT2D eigenvalue weighted by molar-refractivity contribution is 0.0692. The predicted molar refractivity (Wildman–Crippen MR) is 58.6 cm³/mol. The molecule has 0 aliphatic carbocycles. The SMILES string of the molecule is O=C(O)c1cc(-c2c(F)c(F)c(F)c(F)c2F)ccc1F. The minimum Gasteiger partial charge on any atom is -0.478 e. The number of benzene rings is 2. The Hall–Kier alpha value is -2.51. The van der Waals surface area contributed by atoms with E-state index in [2.05, 4.69) is 0 Å². The molecule has 0 aromatic heterocycles. The third kappa shape index (κ3) is 2.32. The summed E-state index contributed by atoms with van der Waals surface area (Å²) in [5, 5.41) is 8.69. The second-order valence-electron chi connectivity index (χ2n) is 3.94. The van der Waals surface area contributed by atoms with Crippen molar-refractivity contribution in [3.8, 4) is 11.1 Å². The first-order chi connectivity index (χ1) is 9.75. The summed E-state index contributed by atoms with van der Waals surface area (Å²) in [4.78, 5) is 10.7. The lowest BCUT2D eigenvalue weighted by atomic mass is 10.0. The van der Waals surface area contributed by atoms with Gasteiger partial charge in [-0.15, -0.1) is 0 Å². The van der Waals surface area contributed by atoms with Gasteiger partial charge in [-0.1, -0.05) is 6.07 Å². The topological polar surface area (TPSA) is 37.3 Å². The summed E-state index contributed by atoms with van der Waals surface area (Å²) in [5.74, 6) is -13.9. The zero-order valence-electron chi connectivity index (χ0n) is 9.86. The van der Waals surface area contributed by atoms with E-state index >= 15 is 0 Å². The Morgan fingerprint density at radius 1 is 0.810 bits per heavy atom. The van der Waals surface area contributed by atoms with Crippen molar-refractivity contribution in [2.45, 2.75) is 0 Å². The number of rotatable bonds is 2. The number of aromatic carboxylic acids is 1. The van der Waals surface area contributed by atoms with Crippen molar-refractivity contribution in [1.82, 2.24) is 0 Å². The zero-order valence-corrected chi connectivity index (χ0v) is 9.86. The van der Waals surface area contributed by atoms with E-state index in [0.717, 1.165) is 0 Å². The highest BCUT2D eigenvalue weighted by atomic mass is 19.2. The molecule has 21 heavy (non-hydrogen) atoms. The van der Waals surface area contributed by atoms with Gasteiger partial charge < -0.3 is 5.11 Å². The lowest BCUT2D eigenvalue weighted by Crippen LogP contribution is -2.06. The molecule has 0 atom stereocenters. The van der Waals surface area contributed by atoms with Crippen molar-refractivity contribution in [1.29, 1.82) is 0 Å². The summed E-state index contributed by atoms with van der Waals surface area (Å²) in [6, 6.07) is 1.74. The van der Waals surface area contributed by atoms with Crippen LogP contribution in [0.4, 0.5) is 26.3 Å². The summed E-state index contributed by atoms with van der Waals surface area (Å²) in [7, 11) is 0. The lowest BCUT2D eigenvalue weighted by Gasteiger charge is -2.09. The summed E-state index contributed by atoms with van der Waals surface area (Å²) < 4.78 is 79.4. The maximum atomic E-state index is 13.6. The van der Waals surface area contributed by atoms with E-state index in [1.165, 1.54) is 0 Å². The Balaban J connectivity index is 2.80. The molecule has 0 heterocycles. The number of carbonyl (C=O) groups is 1. The highest BCUT2D eigenvalue weighted by Gasteiger charge is 2.27. The van der Waals surface area contributed by atoms with E-state index in [9.17, 15) is 31.1 Å². The fourth-order valence-corrected chi connectivity index (χ4v) is 1.70. The molecule has 2 aromatic carbocycles. The Morgan fingerprint density at radius 2 is 1.29 bits per heavy atom. The summed E-state index contributed by atoms with van der Waals surface area (Å²) >= 11 is 0. The summed E-state index contributed by atoms with van der Waals surface area (Å²) in [6.07, 6.45) is 0. The summed E-state index contributed by atoms with van der Waals surface area (Å²) in [5.41, 5.74) is -2.94. The molecule has 0 radical (unpaired) electrons. The molecule has 0 spiro atoms. The first kappa shape index (κ1) is 14.9. The highest BCUT2D eigenvalue weighted by molar-refractivity contribution is 5.89. The molecule has 0 amide bonds. The minimum absolute atomic E-state index is 0.482. The molecule has 0 unspecified atom stereocenters. The van der Waals surface area contributed by atoms with Crippen molar-refractivity contribution in [2.24, 2.45) is 0 Å². The van der Waals surface area contributed by atoms with Gasteiger partial charge in [-0.3, -0.25) is 0 Å². The van der Waals surface area contributed by atoms with E-state index in [-0.39, 0.29) is 0 Å². The van der Waals surface area contributed by atoms with Crippen LogP contribution in [0.25, 0.3) is 11.1 Å². The Kier molecular flexibility index (Phi) is 3.63. The van der Waals surface area contributed by atoms with Crippen LogP contribution in [0.3, 0.4) is 0 Å². The van der Waals surface area contributed by atoms with E-state index in [0.29, 0.717) is 18.2 Å². The monoisotopic (exact) mass is 306 g/mol. The second kappa shape index (κ2) is 5.12. The van der Waals surface area contributed by atoms with Gasteiger partial charge in [0.2, 0.25) is 5.82 Å². The molecule has 8 heteroatoms. The van der Waals surface area contributed by atoms with E-state index in [1.54, 1.807) is 0 Å². The average Bonchev–Trinajstić information content (AvgIpc) is 2.44. The molecule has 110 valence electrons. The molecule has 2 rings (SSSR count). The van der Waals surface area contributed by atoms with Crippen molar-refractivity contribution in [3.05, 3.63) is 58.7 Å². The van der Waals surface area contributed by atoms with Gasteiger partial charge in [0.25, 0.3) is 0 Å². The van der Waals surface area contributed by atoms with Crippen molar-refractivity contribution in [3.63, 3.8) is 0 Å². The van der Waals surface area contributed by atoms with Crippen LogP contribution in [0.1, 0.15) is 10.4 Å². The number of hydrogen-bond donors (Lipinski definition) is 1. The van der Waals surface area contributed by atoms with Crippen LogP contribution in [-0.4, -0.2) is 11.1 Å². The third-order valence-electron chi connectivity index (χ3n) is 2.70. The van der Waals surface area contributed by atoms with Gasteiger partial charge in [0.15, 0.2) is 23.3 Å². The standard InChI is InChI=1S/C13H4F6O2/c14-6-2-1-4(3-5(6)13(20)21)7-8(15)10(17)12(19)11(18)9(7)16/h1-3H,(H,20,21). The smallest absolute Gasteiger partial charge is 0.338 e. The van der Waals surface area contributed by atoms with Crippen LogP contribution < -0.4 is 0 Å². The van der Waals surface area contributed by atoms with Gasteiger partial charge in [0.1, 0.15) is 5.82 Å². The number of hydrogen-bond acceptors (Lipinski definition) is 1. The molecule has 2 nitrogen and oxygen atoms in total. The molecule has 0 bridgehead atoms. The Labute approximate surface area is 113 Å². The number of halogens is 6. The fourth-order valence-electron chi connectivity index (χ4n) is 1.70. The van der Waals surface area contributed by atoms with Crippen LogP contribution in [0.5, 0.6) is 0 Å². The third-order valence-corrected chi connectivity index (χ3v) is 2.70. The van der Waals surface area contributed by atoms with Gasteiger partial charge in [0.05, 0.1) is 11.1 Å². The summed E-state index contributed by atoms with van der Waals surface area (Å²) in [6.45, 7) is 0. The molecule has 0 saturated carbocycles. The van der Waals surface area contributed by atoms with Gasteiger partial charge in [-0.2, -0.15) is 0 Å². The highest BCUT2D eigenvalue weighted by Crippen LogP contribution is 2.32. The molecule has 0 aliphatic heterocycles. The average molecular weight is 306 g/mol. The predicted octanol–water partition coefficient (Wildman–Crippen LogP) is 3.89. The van der Waals surface area contributed by atoms with Crippen LogP contribution >= 0.6 is 0 Å². The maximum Gasteiger partial charge on any atom is 0.338 e. The normalized spacial score (nSPS) is 10.8. The van der Waals surface area contributed by atoms with Crippen molar-refractivity contribution in [2.75, 3.05) is 0 Å². The second-order valence-corrected chi connectivity index (χ2v) is 3.94. The van der Waals surface area contributed by atoms with Gasteiger partial charge in [-0.05, 0) is 17.7 Å². The molecule has 0 aliphatic rings. The number of carboxylic acid groups (broad SMARTS) is 1. The Morgan fingerprint density at radius 3 is 1.76 bits per heavy atom. The molecule has 0 saturated heterocycles. The molecule has 2 aromatic rings. The van der Waals surface area contributed by atoms with Crippen LogP contribution in [0.15, 0.2) is 18.2 Å². The minimum atomic E-state index is -2.34. The molecule has 0 fully saturated rings. The van der Waals surface area contributed by atoms with Crippen molar-refractivity contribution < 1.29 is 36.2 Å². The van der Waals surface area contributed by atoms with Gasteiger partial charge >= 0.3 is 5.97 Å². The first-order valence-corrected chi connectivity index (χ1v) is 5.30. The van der Waals surface area contributed by atoms with E-state index in [4.69, 9.17) is 5.11 Å². The Bertz CT molecular complexity index is 728. The van der Waals surface area contributed by atoms with Crippen LogP contribution in [0, 0.1) is 34.9 Å². The first-order valence-electron chi connectivity index (χ1n) is 5.30. The zero-order chi connectivity index (χ0) is 15.9. The van der Waals surface area contributed by atoms with Crippen molar-refractivity contribution >= 4 is 5.97 Å². The fraction of sp³-hybridized carbons (Fsp3) is 0. The van der Waals surface area contributed by atoms with E-state index in [1.807, 2.05) is 0 Å². The largest absolute Gasteiger partial charge is 0.478 e. The number of carboxylic acids is 1.